The lowest BCUT2D eigenvalue weighted by Gasteiger charge is -2.46. The van der Waals surface area contributed by atoms with Gasteiger partial charge in [-0.25, -0.2) is 0 Å². The molecular weight excluding hydrogens is 268 g/mol. The lowest BCUT2D eigenvalue weighted by molar-refractivity contribution is -0.153. The van der Waals surface area contributed by atoms with Gasteiger partial charge in [-0.1, -0.05) is 0 Å². The van der Waals surface area contributed by atoms with Crippen LogP contribution in [0.2, 0.25) is 0 Å². The number of ether oxygens (including phenoxy) is 1. The summed E-state index contributed by atoms with van der Waals surface area (Å²) in [6.45, 7) is 6.51. The Bertz CT molecular complexity index is 410. The molecule has 3 fully saturated rings. The summed E-state index contributed by atoms with van der Waals surface area (Å²) in [5.41, 5.74) is -0.183. The fourth-order valence-corrected chi connectivity index (χ4v) is 4.06. The molecule has 3 aliphatic rings. The summed E-state index contributed by atoms with van der Waals surface area (Å²) in [6, 6.07) is 0. The molecule has 0 aromatic rings. The first-order valence-electron chi connectivity index (χ1n) is 8.32. The van der Waals surface area contributed by atoms with E-state index < -0.39 is 0 Å². The lowest BCUT2D eigenvalue weighted by Crippen LogP contribution is -2.54. The van der Waals surface area contributed by atoms with Crippen LogP contribution in [0.5, 0.6) is 0 Å². The third kappa shape index (κ3) is 2.68. The van der Waals surface area contributed by atoms with Gasteiger partial charge >= 0.3 is 0 Å². The van der Waals surface area contributed by atoms with E-state index >= 15 is 0 Å². The number of nitrogens with zero attached hydrogens (tertiary/aromatic N) is 2. The van der Waals surface area contributed by atoms with Crippen molar-refractivity contribution in [3.63, 3.8) is 0 Å². The highest BCUT2D eigenvalue weighted by atomic mass is 16.5. The minimum atomic E-state index is -0.183. The molecule has 5 heteroatoms. The van der Waals surface area contributed by atoms with Crippen molar-refractivity contribution in [3.05, 3.63) is 0 Å². The van der Waals surface area contributed by atoms with E-state index in [1.807, 2.05) is 9.80 Å². The summed E-state index contributed by atoms with van der Waals surface area (Å²) in [5, 5.41) is 0. The first kappa shape index (κ1) is 14.8. The number of amides is 2. The third-order valence-electron chi connectivity index (χ3n) is 5.52. The van der Waals surface area contributed by atoms with Crippen molar-refractivity contribution in [2.24, 2.45) is 11.3 Å². The van der Waals surface area contributed by atoms with Crippen LogP contribution in [0.25, 0.3) is 0 Å². The standard InChI is InChI=1S/C16H26N2O3/c1-2-17-8-3-5-16(15(17)20)6-9-18(10-7-16)14(19)13-4-11-21-12-13/h13H,2-12H2,1H3/t13-/m1/s1. The Kier molecular flexibility index (Phi) is 4.20. The quantitative estimate of drug-likeness (QED) is 0.771. The van der Waals surface area contributed by atoms with Crippen molar-refractivity contribution in [1.82, 2.24) is 9.80 Å². The number of carbonyl (C=O) groups is 2. The summed E-state index contributed by atoms with van der Waals surface area (Å²) in [4.78, 5) is 29.0. The second-order valence-corrected chi connectivity index (χ2v) is 6.65. The molecule has 0 aliphatic carbocycles. The van der Waals surface area contributed by atoms with E-state index in [0.717, 1.165) is 58.3 Å². The van der Waals surface area contributed by atoms with Gasteiger partial charge in [0.1, 0.15) is 0 Å². The maximum Gasteiger partial charge on any atom is 0.228 e. The minimum Gasteiger partial charge on any atom is -0.381 e. The molecule has 21 heavy (non-hydrogen) atoms. The van der Waals surface area contributed by atoms with Crippen LogP contribution in [0, 0.1) is 11.3 Å². The number of piperidine rings is 2. The molecule has 0 bridgehead atoms. The van der Waals surface area contributed by atoms with E-state index in [-0.39, 0.29) is 17.2 Å². The molecule has 118 valence electrons. The van der Waals surface area contributed by atoms with E-state index in [1.54, 1.807) is 0 Å². The van der Waals surface area contributed by atoms with Crippen LogP contribution < -0.4 is 0 Å². The van der Waals surface area contributed by atoms with E-state index in [4.69, 9.17) is 4.74 Å². The smallest absolute Gasteiger partial charge is 0.228 e. The van der Waals surface area contributed by atoms with Crippen LogP contribution >= 0.6 is 0 Å². The first-order chi connectivity index (χ1) is 10.2. The maximum absolute atomic E-state index is 12.7. The summed E-state index contributed by atoms with van der Waals surface area (Å²) < 4.78 is 5.32. The summed E-state index contributed by atoms with van der Waals surface area (Å²) in [6.07, 6.45) is 4.62. The highest BCUT2D eigenvalue weighted by Crippen LogP contribution is 2.41. The Morgan fingerprint density at radius 2 is 2.05 bits per heavy atom. The SMILES string of the molecule is CCN1CCCC2(CCN(C(=O)[C@@H]3CCOC3)CC2)C1=O. The highest BCUT2D eigenvalue weighted by molar-refractivity contribution is 5.84. The Morgan fingerprint density at radius 1 is 1.29 bits per heavy atom. The molecule has 2 amide bonds. The Morgan fingerprint density at radius 3 is 2.67 bits per heavy atom. The molecule has 0 radical (unpaired) electrons. The number of hydrogen-bond acceptors (Lipinski definition) is 3. The molecule has 1 atom stereocenters. The fraction of sp³-hybridized carbons (Fsp3) is 0.875. The Labute approximate surface area is 126 Å². The molecule has 0 aromatic carbocycles. The van der Waals surface area contributed by atoms with Crippen molar-refractivity contribution in [1.29, 1.82) is 0 Å². The van der Waals surface area contributed by atoms with Gasteiger partial charge in [-0.3, -0.25) is 9.59 Å². The monoisotopic (exact) mass is 294 g/mol. The van der Waals surface area contributed by atoms with E-state index in [0.29, 0.717) is 19.1 Å². The second kappa shape index (κ2) is 5.95. The van der Waals surface area contributed by atoms with Crippen LogP contribution in [-0.4, -0.2) is 61.0 Å². The topological polar surface area (TPSA) is 49.9 Å². The molecule has 0 saturated carbocycles. The molecule has 0 unspecified atom stereocenters. The van der Waals surface area contributed by atoms with Crippen molar-refractivity contribution in [2.45, 2.75) is 39.0 Å². The summed E-state index contributed by atoms with van der Waals surface area (Å²) in [7, 11) is 0. The minimum absolute atomic E-state index is 0.0493. The van der Waals surface area contributed by atoms with Gasteiger partial charge in [-0.15, -0.1) is 0 Å². The lowest BCUT2D eigenvalue weighted by atomic mass is 9.71. The average molecular weight is 294 g/mol. The zero-order chi connectivity index (χ0) is 14.9. The van der Waals surface area contributed by atoms with Crippen molar-refractivity contribution in [3.8, 4) is 0 Å². The van der Waals surface area contributed by atoms with Gasteiger partial charge in [0.25, 0.3) is 0 Å². The zero-order valence-corrected chi connectivity index (χ0v) is 13.0. The van der Waals surface area contributed by atoms with Gasteiger partial charge in [-0.2, -0.15) is 0 Å². The van der Waals surface area contributed by atoms with Gasteiger partial charge in [0.05, 0.1) is 17.9 Å². The van der Waals surface area contributed by atoms with E-state index in [1.165, 1.54) is 0 Å². The maximum atomic E-state index is 12.7. The summed E-state index contributed by atoms with van der Waals surface area (Å²) in [5.74, 6) is 0.610. The molecule has 0 aromatic heterocycles. The van der Waals surface area contributed by atoms with E-state index in [9.17, 15) is 9.59 Å². The number of carbonyl (C=O) groups excluding carboxylic acids is 2. The van der Waals surface area contributed by atoms with Crippen molar-refractivity contribution >= 4 is 11.8 Å². The molecule has 3 rings (SSSR count). The molecule has 3 heterocycles. The Balaban J connectivity index is 1.61. The number of hydrogen-bond donors (Lipinski definition) is 0. The molecular formula is C16H26N2O3. The van der Waals surface area contributed by atoms with Gasteiger partial charge in [-0.05, 0) is 39.0 Å². The molecule has 5 nitrogen and oxygen atoms in total. The van der Waals surface area contributed by atoms with Crippen LogP contribution in [0.15, 0.2) is 0 Å². The van der Waals surface area contributed by atoms with E-state index in [2.05, 4.69) is 6.92 Å². The average Bonchev–Trinajstić information content (AvgIpc) is 3.05. The Hall–Kier alpha value is -1.10. The van der Waals surface area contributed by atoms with Gasteiger partial charge in [0.15, 0.2) is 0 Å². The summed E-state index contributed by atoms with van der Waals surface area (Å²) >= 11 is 0. The van der Waals surface area contributed by atoms with Crippen molar-refractivity contribution < 1.29 is 14.3 Å². The number of likely N-dealkylation sites (tertiary alicyclic amines) is 2. The predicted molar refractivity (Wildman–Crippen MR) is 78.7 cm³/mol. The van der Waals surface area contributed by atoms with Crippen LogP contribution in [0.1, 0.15) is 39.0 Å². The number of rotatable bonds is 2. The fourth-order valence-electron chi connectivity index (χ4n) is 4.06. The normalized spacial score (nSPS) is 29.2. The van der Waals surface area contributed by atoms with Gasteiger partial charge < -0.3 is 14.5 Å². The van der Waals surface area contributed by atoms with Crippen LogP contribution in [-0.2, 0) is 14.3 Å². The molecule has 3 saturated heterocycles. The molecule has 0 N–H and O–H groups in total. The van der Waals surface area contributed by atoms with Crippen LogP contribution in [0.3, 0.4) is 0 Å². The zero-order valence-electron chi connectivity index (χ0n) is 13.0. The molecule has 1 spiro atoms. The molecule has 3 aliphatic heterocycles. The van der Waals surface area contributed by atoms with Crippen LogP contribution in [0.4, 0.5) is 0 Å². The van der Waals surface area contributed by atoms with Crippen molar-refractivity contribution in [2.75, 3.05) is 39.4 Å². The third-order valence-corrected chi connectivity index (χ3v) is 5.52. The first-order valence-corrected chi connectivity index (χ1v) is 8.32. The van der Waals surface area contributed by atoms with Gasteiger partial charge in [0, 0.05) is 32.8 Å². The van der Waals surface area contributed by atoms with Gasteiger partial charge in [0.2, 0.25) is 11.8 Å². The predicted octanol–water partition coefficient (Wildman–Crippen LogP) is 1.27. The highest BCUT2D eigenvalue weighted by Gasteiger charge is 2.46. The largest absolute Gasteiger partial charge is 0.381 e. The second-order valence-electron chi connectivity index (χ2n) is 6.65.